The molecule has 1 aliphatic carbocycles. The Morgan fingerprint density at radius 2 is 1.84 bits per heavy atom. The summed E-state index contributed by atoms with van der Waals surface area (Å²) in [5.41, 5.74) is 1.24. The van der Waals surface area contributed by atoms with Gasteiger partial charge in [-0.05, 0) is 12.5 Å². The molecule has 3 heterocycles. The van der Waals surface area contributed by atoms with Gasteiger partial charge in [-0.25, -0.2) is 18.3 Å². The van der Waals surface area contributed by atoms with Gasteiger partial charge in [-0.3, -0.25) is 4.79 Å². The quantitative estimate of drug-likeness (QED) is 0.462. The number of carbonyl (C=O) groups excluding carboxylic acids is 2. The minimum Gasteiger partial charge on any atom is -0.542 e. The lowest BCUT2D eigenvalue weighted by atomic mass is 9.92. The van der Waals surface area contributed by atoms with E-state index >= 15 is 0 Å². The molecule has 2 aromatic rings. The second-order valence-corrected chi connectivity index (χ2v) is 9.13. The van der Waals surface area contributed by atoms with Gasteiger partial charge in [-0.1, -0.05) is 0 Å². The van der Waals surface area contributed by atoms with Crippen molar-refractivity contribution in [2.45, 2.75) is 75.1 Å². The minimum absolute atomic E-state index is 0.0947. The molecule has 0 aromatic carbocycles. The number of nitrogens with two attached hydrogens (primary N) is 1. The molecule has 17 heteroatoms. The zero-order valence-electron chi connectivity index (χ0n) is 19.4. The van der Waals surface area contributed by atoms with E-state index in [1.165, 1.54) is 16.8 Å². The van der Waals surface area contributed by atoms with Crippen LogP contribution in [0.4, 0.5) is 35.1 Å². The monoisotopic (exact) mass is 561 g/mol. The number of carbonyl (C=O) groups is 2. The van der Waals surface area contributed by atoms with E-state index in [1.54, 1.807) is 6.20 Å². The first-order valence-electron chi connectivity index (χ1n) is 11.3. The van der Waals surface area contributed by atoms with Crippen molar-refractivity contribution < 1.29 is 60.2 Å². The van der Waals surface area contributed by atoms with Crippen LogP contribution in [0.1, 0.15) is 49.5 Å². The van der Waals surface area contributed by atoms with Crippen molar-refractivity contribution in [2.75, 3.05) is 0 Å². The van der Waals surface area contributed by atoms with E-state index in [4.69, 9.17) is 9.90 Å². The van der Waals surface area contributed by atoms with Crippen LogP contribution in [0.5, 0.6) is 0 Å². The molecule has 38 heavy (non-hydrogen) atoms. The number of hydrogen-bond acceptors (Lipinski definition) is 6. The molecule has 2 aromatic heterocycles. The number of nitrogens with one attached hydrogen (secondary N) is 1. The first-order valence-corrected chi connectivity index (χ1v) is 11.3. The summed E-state index contributed by atoms with van der Waals surface area (Å²) in [5, 5.41) is 27.2. The van der Waals surface area contributed by atoms with Gasteiger partial charge < -0.3 is 25.6 Å². The molecule has 4 rings (SSSR count). The summed E-state index contributed by atoms with van der Waals surface area (Å²) in [7, 11) is 0. The lowest BCUT2D eigenvalue weighted by Gasteiger charge is -2.26. The van der Waals surface area contributed by atoms with Crippen LogP contribution in [-0.4, -0.2) is 61.9 Å². The van der Waals surface area contributed by atoms with E-state index < -0.39 is 54.6 Å². The van der Waals surface area contributed by atoms with Crippen LogP contribution in [0.15, 0.2) is 18.5 Å². The van der Waals surface area contributed by atoms with Gasteiger partial charge in [0.05, 0.1) is 30.5 Å². The van der Waals surface area contributed by atoms with Crippen molar-refractivity contribution in [2.24, 2.45) is 5.92 Å². The number of carboxylic acids is 1. The topological polar surface area (TPSA) is 136 Å². The molecule has 212 valence electrons. The summed E-state index contributed by atoms with van der Waals surface area (Å²) in [4.78, 5) is 25.1. The molecular formula is C21H23F8N5O4. The van der Waals surface area contributed by atoms with E-state index in [9.17, 15) is 45.0 Å². The predicted octanol–water partition coefficient (Wildman–Crippen LogP) is 0.770. The fourth-order valence-corrected chi connectivity index (χ4v) is 4.21. The Labute approximate surface area is 209 Å². The van der Waals surface area contributed by atoms with Gasteiger partial charge >= 0.3 is 12.4 Å². The number of aromatic nitrogens is 3. The molecule has 2 aliphatic rings. The first kappa shape index (κ1) is 29.5. The highest BCUT2D eigenvalue weighted by atomic mass is 19.4. The zero-order chi connectivity index (χ0) is 28.5. The van der Waals surface area contributed by atoms with Crippen LogP contribution >= 0.6 is 0 Å². The summed E-state index contributed by atoms with van der Waals surface area (Å²) < 4.78 is 98.1. The fraction of sp³-hybridized carbons (Fsp3) is 0.619. The summed E-state index contributed by atoms with van der Waals surface area (Å²) in [6, 6.07) is -0.404. The van der Waals surface area contributed by atoms with Crippen LogP contribution in [0.3, 0.4) is 0 Å². The van der Waals surface area contributed by atoms with Crippen LogP contribution in [0, 0.1) is 5.92 Å². The number of alkyl halides is 8. The largest absolute Gasteiger partial charge is 0.542 e. The molecule has 1 aliphatic heterocycles. The number of quaternary nitrogens is 1. The molecule has 0 bridgehead atoms. The van der Waals surface area contributed by atoms with Crippen LogP contribution in [0.25, 0.3) is 5.65 Å². The predicted molar refractivity (Wildman–Crippen MR) is 108 cm³/mol. The van der Waals surface area contributed by atoms with Gasteiger partial charge in [0.1, 0.15) is 24.2 Å². The van der Waals surface area contributed by atoms with E-state index in [-0.39, 0.29) is 24.4 Å². The molecule has 1 amide bonds. The minimum atomic E-state index is -5.19. The molecule has 1 saturated carbocycles. The van der Waals surface area contributed by atoms with E-state index in [0.29, 0.717) is 30.7 Å². The Morgan fingerprint density at radius 1 is 1.24 bits per heavy atom. The zero-order valence-corrected chi connectivity index (χ0v) is 19.4. The number of aliphatic hydroxyl groups excluding tert-OH is 1. The molecule has 3 atom stereocenters. The standard InChI is InChI=1S/C19H22F5N5O2.C2HF3O2/c20-18(21)3-1-11(2-4-18)25-8-12-9-29-15(27-12)5-10(7-26-29)16(30)13-6-14(19(22,23)24)28-17(13)31;3-2(4,5)1(6)7/h5,7,9,11,13-14,16,25,30H,1-4,6,8H2,(H,28,31);(H,6,7)/t13?,14?,16-;/m1./s1. The molecule has 0 spiro atoms. The molecular weight excluding hydrogens is 538 g/mol. The number of aliphatic carboxylic acids is 1. The highest BCUT2D eigenvalue weighted by Gasteiger charge is 2.50. The Hall–Kier alpha value is -3.08. The number of nitrogens with zero attached hydrogens (tertiary/aromatic N) is 3. The number of imidazole rings is 1. The number of aliphatic hydroxyl groups is 1. The van der Waals surface area contributed by atoms with Crippen LogP contribution in [-0.2, 0) is 16.1 Å². The maximum absolute atomic E-state index is 13.3. The van der Waals surface area contributed by atoms with Gasteiger partial charge in [-0.2, -0.15) is 31.4 Å². The van der Waals surface area contributed by atoms with Crippen molar-refractivity contribution in [3.8, 4) is 0 Å². The average Bonchev–Trinajstić information content (AvgIpc) is 3.40. The third-order valence-corrected chi connectivity index (χ3v) is 6.31. The smallest absolute Gasteiger partial charge is 0.430 e. The van der Waals surface area contributed by atoms with Crippen LogP contribution in [0.2, 0.25) is 0 Å². The van der Waals surface area contributed by atoms with Crippen molar-refractivity contribution >= 4 is 17.5 Å². The second-order valence-electron chi connectivity index (χ2n) is 9.13. The summed E-state index contributed by atoms with van der Waals surface area (Å²) in [5.74, 6) is -7.67. The number of amides is 1. The molecule has 4 N–H and O–H groups in total. The summed E-state index contributed by atoms with van der Waals surface area (Å²) in [6.45, 7) is 0.468. The third-order valence-electron chi connectivity index (χ3n) is 6.31. The van der Waals surface area contributed by atoms with Crippen molar-refractivity contribution in [3.05, 3.63) is 29.7 Å². The lowest BCUT2D eigenvalue weighted by molar-refractivity contribution is -0.708. The van der Waals surface area contributed by atoms with Crippen molar-refractivity contribution in [1.82, 2.24) is 19.9 Å². The lowest BCUT2D eigenvalue weighted by Crippen LogP contribution is -2.89. The van der Waals surface area contributed by atoms with Gasteiger partial charge in [0.2, 0.25) is 11.8 Å². The number of hydrogen-bond donors (Lipinski definition) is 3. The maximum atomic E-state index is 13.3. The van der Waals surface area contributed by atoms with E-state index in [0.717, 1.165) is 0 Å². The highest BCUT2D eigenvalue weighted by molar-refractivity contribution is 5.82. The Bertz CT molecular complexity index is 1140. The van der Waals surface area contributed by atoms with Gasteiger partial charge in [-0.15, -0.1) is 0 Å². The fourth-order valence-electron chi connectivity index (χ4n) is 4.21. The number of halogens is 8. The third kappa shape index (κ3) is 7.49. The average molecular weight is 561 g/mol. The Morgan fingerprint density at radius 3 is 2.37 bits per heavy atom. The van der Waals surface area contributed by atoms with Crippen molar-refractivity contribution in [1.29, 1.82) is 0 Å². The Balaban J connectivity index is 0.000000505. The van der Waals surface area contributed by atoms with Gasteiger partial charge in [0, 0.05) is 31.2 Å². The number of carboxylic acid groups (broad SMARTS) is 1. The van der Waals surface area contributed by atoms with E-state index in [2.05, 4.69) is 10.1 Å². The first-order chi connectivity index (χ1) is 17.5. The second kappa shape index (κ2) is 11.0. The van der Waals surface area contributed by atoms with Crippen molar-refractivity contribution in [3.63, 3.8) is 0 Å². The normalized spacial score (nSPS) is 23.0. The molecule has 9 nitrogen and oxygen atoms in total. The Kier molecular flexibility index (Phi) is 8.50. The number of fused-ring (bicyclic) bond motifs is 1. The molecule has 0 radical (unpaired) electrons. The van der Waals surface area contributed by atoms with E-state index in [1.807, 2.05) is 10.6 Å². The van der Waals surface area contributed by atoms with Crippen LogP contribution < -0.4 is 15.7 Å². The van der Waals surface area contributed by atoms with Gasteiger partial charge in [0.25, 0.3) is 0 Å². The SMILES string of the molecule is O=C([O-])C(F)(F)F.O=C1NC(C(F)(F)F)CC1[C@H](O)c1cnn2cc(C[NH2+]C3CCC(F)(F)CC3)nc2c1. The highest BCUT2D eigenvalue weighted by Crippen LogP contribution is 2.36. The maximum Gasteiger partial charge on any atom is 0.430 e. The molecule has 2 fully saturated rings. The summed E-state index contributed by atoms with van der Waals surface area (Å²) in [6.07, 6.45) is -8.18. The van der Waals surface area contributed by atoms with Gasteiger partial charge in [0.15, 0.2) is 5.65 Å². The number of rotatable bonds is 5. The molecule has 1 saturated heterocycles. The summed E-state index contributed by atoms with van der Waals surface area (Å²) >= 11 is 0. The molecule has 2 unspecified atom stereocenters.